The van der Waals surface area contributed by atoms with Crippen LogP contribution in [-0.2, 0) is 4.79 Å². The number of aromatic amines is 1. The van der Waals surface area contributed by atoms with Crippen LogP contribution in [0.5, 0.6) is 0 Å². The number of aliphatic carboxylic acids is 1. The van der Waals surface area contributed by atoms with Crippen LogP contribution in [0.4, 0.5) is 0 Å². The average Bonchev–Trinajstić information content (AvgIpc) is 2.69. The zero-order valence-corrected chi connectivity index (χ0v) is 10.5. The summed E-state index contributed by atoms with van der Waals surface area (Å²) in [6, 6.07) is -0.00375. The molecule has 1 aliphatic carbocycles. The second-order valence-electron chi connectivity index (χ2n) is 4.33. The lowest BCUT2D eigenvalue weighted by molar-refractivity contribution is -0.133. The third-order valence-electron chi connectivity index (χ3n) is 3.03. The molecule has 0 unspecified atom stereocenters. The second-order valence-corrected chi connectivity index (χ2v) is 5.27. The van der Waals surface area contributed by atoms with Crippen molar-refractivity contribution in [2.75, 3.05) is 5.75 Å². The molecular formula is C10H15N3O4S. The van der Waals surface area contributed by atoms with Gasteiger partial charge < -0.3 is 10.2 Å². The van der Waals surface area contributed by atoms with Crippen molar-refractivity contribution in [3.05, 3.63) is 10.5 Å². The Bertz CT molecular complexity index is 476. The second kappa shape index (κ2) is 5.57. The Morgan fingerprint density at radius 3 is 2.72 bits per heavy atom. The van der Waals surface area contributed by atoms with Crippen molar-refractivity contribution >= 4 is 17.7 Å². The van der Waals surface area contributed by atoms with Gasteiger partial charge in [-0.15, -0.1) is 5.10 Å². The number of nitrogens with one attached hydrogen (secondary N) is 1. The molecule has 2 rings (SSSR count). The summed E-state index contributed by atoms with van der Waals surface area (Å²) >= 11 is 1.03. The normalized spacial score (nSPS) is 24.1. The molecule has 8 heteroatoms. The number of carboxylic acid groups (broad SMARTS) is 1. The van der Waals surface area contributed by atoms with Crippen molar-refractivity contribution in [1.29, 1.82) is 0 Å². The first-order chi connectivity index (χ1) is 8.58. The fraction of sp³-hybridized carbons (Fsp3) is 0.700. The van der Waals surface area contributed by atoms with Crippen LogP contribution in [0.3, 0.4) is 0 Å². The Labute approximate surface area is 107 Å². The molecule has 1 fully saturated rings. The van der Waals surface area contributed by atoms with Crippen molar-refractivity contribution in [3.63, 3.8) is 0 Å². The third-order valence-corrected chi connectivity index (χ3v) is 3.97. The van der Waals surface area contributed by atoms with Crippen LogP contribution in [0, 0.1) is 0 Å². The van der Waals surface area contributed by atoms with Crippen LogP contribution < -0.4 is 5.69 Å². The number of aliphatic hydroxyl groups excluding tert-OH is 1. The van der Waals surface area contributed by atoms with Gasteiger partial charge in [0.1, 0.15) is 0 Å². The van der Waals surface area contributed by atoms with E-state index in [0.717, 1.165) is 11.8 Å². The zero-order valence-electron chi connectivity index (χ0n) is 9.70. The van der Waals surface area contributed by atoms with Gasteiger partial charge in [-0.3, -0.25) is 9.36 Å². The lowest BCUT2D eigenvalue weighted by Gasteiger charge is -2.26. The summed E-state index contributed by atoms with van der Waals surface area (Å²) in [5.41, 5.74) is -0.315. The van der Waals surface area contributed by atoms with Crippen molar-refractivity contribution in [1.82, 2.24) is 14.8 Å². The van der Waals surface area contributed by atoms with Crippen LogP contribution in [0.2, 0.25) is 0 Å². The molecule has 1 saturated carbocycles. The van der Waals surface area contributed by atoms with Crippen molar-refractivity contribution in [2.45, 2.75) is 43.0 Å². The van der Waals surface area contributed by atoms with Gasteiger partial charge in [-0.05, 0) is 25.7 Å². The van der Waals surface area contributed by atoms with Gasteiger partial charge in [0.25, 0.3) is 0 Å². The summed E-state index contributed by atoms with van der Waals surface area (Å²) in [5, 5.41) is 24.7. The standard InChI is InChI=1S/C10H15N3O4S/c14-7-3-1-6(2-4-7)13-9(17)11-12-10(13)18-5-8(15)16/h6-7,14H,1-5H2,(H,11,17)(H,15,16). The van der Waals surface area contributed by atoms with Gasteiger partial charge >= 0.3 is 11.7 Å². The number of rotatable bonds is 4. The number of nitrogens with zero attached hydrogens (tertiary/aromatic N) is 2. The van der Waals surface area contributed by atoms with E-state index >= 15 is 0 Å². The maximum absolute atomic E-state index is 11.7. The molecule has 0 saturated heterocycles. The Morgan fingerprint density at radius 1 is 1.44 bits per heavy atom. The molecule has 0 atom stereocenters. The summed E-state index contributed by atoms with van der Waals surface area (Å²) < 4.78 is 1.51. The minimum Gasteiger partial charge on any atom is -0.481 e. The molecule has 0 bridgehead atoms. The first-order valence-electron chi connectivity index (χ1n) is 5.77. The van der Waals surface area contributed by atoms with Crippen molar-refractivity contribution in [3.8, 4) is 0 Å². The van der Waals surface area contributed by atoms with E-state index in [2.05, 4.69) is 10.2 Å². The number of aromatic nitrogens is 3. The molecule has 0 spiro atoms. The molecule has 100 valence electrons. The maximum Gasteiger partial charge on any atom is 0.344 e. The van der Waals surface area contributed by atoms with E-state index in [1.54, 1.807) is 0 Å². The third kappa shape index (κ3) is 2.94. The number of H-pyrrole nitrogens is 1. The number of thioether (sulfide) groups is 1. The Hall–Kier alpha value is -1.28. The highest BCUT2D eigenvalue weighted by Crippen LogP contribution is 2.30. The quantitative estimate of drug-likeness (QED) is 0.677. The summed E-state index contributed by atoms with van der Waals surface area (Å²) in [6.45, 7) is 0. The van der Waals surface area contributed by atoms with Crippen molar-refractivity contribution in [2.24, 2.45) is 0 Å². The maximum atomic E-state index is 11.7. The van der Waals surface area contributed by atoms with E-state index in [0.29, 0.717) is 30.8 Å². The molecule has 3 N–H and O–H groups in total. The smallest absolute Gasteiger partial charge is 0.344 e. The van der Waals surface area contributed by atoms with Gasteiger partial charge in [-0.2, -0.15) is 0 Å². The van der Waals surface area contributed by atoms with Crippen LogP contribution in [0.15, 0.2) is 9.95 Å². The van der Waals surface area contributed by atoms with Gasteiger partial charge in [0.05, 0.1) is 11.9 Å². The topological polar surface area (TPSA) is 108 Å². The van der Waals surface area contributed by atoms with Crippen LogP contribution in [0.25, 0.3) is 0 Å². The van der Waals surface area contributed by atoms with E-state index in [9.17, 15) is 14.7 Å². The highest BCUT2D eigenvalue weighted by molar-refractivity contribution is 7.99. The summed E-state index contributed by atoms with van der Waals surface area (Å²) in [7, 11) is 0. The van der Waals surface area contributed by atoms with Gasteiger partial charge in [-0.25, -0.2) is 9.89 Å². The highest BCUT2D eigenvalue weighted by atomic mass is 32.2. The summed E-state index contributed by atoms with van der Waals surface area (Å²) in [5.74, 6) is -1.07. The molecule has 0 aromatic carbocycles. The molecule has 1 aromatic rings. The Balaban J connectivity index is 2.13. The molecule has 1 heterocycles. The van der Waals surface area contributed by atoms with Crippen LogP contribution in [0.1, 0.15) is 31.7 Å². The van der Waals surface area contributed by atoms with E-state index in [4.69, 9.17) is 5.11 Å². The SMILES string of the molecule is O=C(O)CSc1n[nH]c(=O)n1C1CCC(O)CC1. The Kier molecular flexibility index (Phi) is 4.07. The summed E-state index contributed by atoms with van der Waals surface area (Å²) in [4.78, 5) is 22.2. The van der Waals surface area contributed by atoms with E-state index < -0.39 is 5.97 Å². The highest BCUT2D eigenvalue weighted by Gasteiger charge is 2.25. The number of hydrogen-bond acceptors (Lipinski definition) is 5. The van der Waals surface area contributed by atoms with E-state index in [-0.39, 0.29) is 23.6 Å². The first kappa shape index (κ1) is 13.2. The van der Waals surface area contributed by atoms with Crippen LogP contribution >= 0.6 is 11.8 Å². The average molecular weight is 273 g/mol. The number of aliphatic hydroxyl groups is 1. The molecule has 18 heavy (non-hydrogen) atoms. The number of carbonyl (C=O) groups is 1. The van der Waals surface area contributed by atoms with Crippen LogP contribution in [-0.4, -0.2) is 42.8 Å². The monoisotopic (exact) mass is 273 g/mol. The van der Waals surface area contributed by atoms with Gasteiger partial charge in [0, 0.05) is 6.04 Å². The van der Waals surface area contributed by atoms with E-state index in [1.807, 2.05) is 0 Å². The molecule has 1 aromatic heterocycles. The van der Waals surface area contributed by atoms with Gasteiger partial charge in [0.15, 0.2) is 5.16 Å². The van der Waals surface area contributed by atoms with E-state index in [1.165, 1.54) is 4.57 Å². The predicted octanol–water partition coefficient (Wildman–Crippen LogP) is 0.224. The van der Waals surface area contributed by atoms with Gasteiger partial charge in [0.2, 0.25) is 0 Å². The molecule has 0 amide bonds. The minimum atomic E-state index is -0.943. The molecule has 0 radical (unpaired) electrons. The molecular weight excluding hydrogens is 258 g/mol. The fourth-order valence-electron chi connectivity index (χ4n) is 2.16. The molecule has 7 nitrogen and oxygen atoms in total. The zero-order chi connectivity index (χ0) is 13.1. The largest absolute Gasteiger partial charge is 0.481 e. The first-order valence-corrected chi connectivity index (χ1v) is 6.76. The van der Waals surface area contributed by atoms with Gasteiger partial charge in [-0.1, -0.05) is 11.8 Å². The molecule has 1 aliphatic rings. The lowest BCUT2D eigenvalue weighted by atomic mass is 9.93. The number of carboxylic acids is 1. The molecule has 0 aliphatic heterocycles. The predicted molar refractivity (Wildman–Crippen MR) is 64.7 cm³/mol. The Morgan fingerprint density at radius 2 is 2.11 bits per heavy atom. The summed E-state index contributed by atoms with van der Waals surface area (Å²) in [6.07, 6.45) is 2.44. The number of hydrogen-bond donors (Lipinski definition) is 3. The minimum absolute atomic E-state index is 0.00375. The lowest BCUT2D eigenvalue weighted by Crippen LogP contribution is -2.28. The fourth-order valence-corrected chi connectivity index (χ4v) is 2.89. The van der Waals surface area contributed by atoms with Crippen molar-refractivity contribution < 1.29 is 15.0 Å².